The van der Waals surface area contributed by atoms with E-state index in [4.69, 9.17) is 5.73 Å². The first kappa shape index (κ1) is 15.6. The molecule has 0 radical (unpaired) electrons. The second kappa shape index (κ2) is 7.28. The van der Waals surface area contributed by atoms with Crippen LogP contribution < -0.4 is 5.73 Å². The molecule has 1 atom stereocenters. The van der Waals surface area contributed by atoms with E-state index in [9.17, 15) is 4.79 Å². The van der Waals surface area contributed by atoms with E-state index in [1.165, 1.54) is 6.42 Å². The van der Waals surface area contributed by atoms with Gasteiger partial charge in [-0.2, -0.15) is 0 Å². The van der Waals surface area contributed by atoms with Gasteiger partial charge in [0.15, 0.2) is 0 Å². The maximum atomic E-state index is 12.6. The number of likely N-dealkylation sites (tertiary alicyclic amines) is 1. The lowest BCUT2D eigenvalue weighted by Gasteiger charge is -2.20. The summed E-state index contributed by atoms with van der Waals surface area (Å²) in [6.07, 6.45) is 3.40. The van der Waals surface area contributed by atoms with Crippen LogP contribution in [0.2, 0.25) is 0 Å². The molecule has 2 rings (SSSR count). The number of nitrogens with zero attached hydrogens (tertiary/aromatic N) is 1. The van der Waals surface area contributed by atoms with Crippen molar-refractivity contribution >= 4 is 5.91 Å². The minimum absolute atomic E-state index is 0.125. The van der Waals surface area contributed by atoms with E-state index in [0.717, 1.165) is 42.6 Å². The fourth-order valence-electron chi connectivity index (χ4n) is 2.68. The van der Waals surface area contributed by atoms with E-state index in [0.29, 0.717) is 12.5 Å². The molecule has 1 aromatic rings. The Kier molecular flexibility index (Phi) is 5.41. The normalized spacial score (nSPS) is 18.6. The molecule has 0 saturated carbocycles. The zero-order valence-electron chi connectivity index (χ0n) is 13.0. The molecule has 21 heavy (non-hydrogen) atoms. The maximum Gasteiger partial charge on any atom is 0.253 e. The van der Waals surface area contributed by atoms with Crippen molar-refractivity contribution in [2.24, 2.45) is 11.7 Å². The van der Waals surface area contributed by atoms with Crippen LogP contribution in [-0.2, 0) is 0 Å². The molecule has 1 amide bonds. The van der Waals surface area contributed by atoms with Gasteiger partial charge in [-0.25, -0.2) is 0 Å². The Morgan fingerprint density at radius 3 is 2.95 bits per heavy atom. The van der Waals surface area contributed by atoms with Crippen LogP contribution >= 0.6 is 0 Å². The van der Waals surface area contributed by atoms with Gasteiger partial charge in [-0.3, -0.25) is 4.79 Å². The van der Waals surface area contributed by atoms with Crippen molar-refractivity contribution in [2.45, 2.75) is 33.1 Å². The number of hydrogen-bond donors (Lipinski definition) is 1. The van der Waals surface area contributed by atoms with E-state index in [1.54, 1.807) is 0 Å². The largest absolute Gasteiger partial charge is 0.339 e. The van der Waals surface area contributed by atoms with Gasteiger partial charge in [-0.1, -0.05) is 24.8 Å². The van der Waals surface area contributed by atoms with Crippen molar-refractivity contribution in [2.75, 3.05) is 19.6 Å². The first-order chi connectivity index (χ1) is 10.1. The van der Waals surface area contributed by atoms with Gasteiger partial charge in [0, 0.05) is 24.2 Å². The molecule has 0 spiro atoms. The van der Waals surface area contributed by atoms with Crippen LogP contribution in [0.1, 0.15) is 47.7 Å². The van der Waals surface area contributed by atoms with Crippen LogP contribution in [0.4, 0.5) is 0 Å². The number of carbonyl (C=O) groups is 1. The first-order valence-corrected chi connectivity index (χ1v) is 7.70. The van der Waals surface area contributed by atoms with Gasteiger partial charge >= 0.3 is 0 Å². The monoisotopic (exact) mass is 284 g/mol. The summed E-state index contributed by atoms with van der Waals surface area (Å²) in [6, 6.07) is 5.77. The summed E-state index contributed by atoms with van der Waals surface area (Å²) in [6.45, 7) is 6.32. The third kappa shape index (κ3) is 4.09. The molecule has 1 aliphatic heterocycles. The van der Waals surface area contributed by atoms with Crippen LogP contribution in [0.3, 0.4) is 0 Å². The molecule has 1 heterocycles. The van der Waals surface area contributed by atoms with E-state index in [1.807, 2.05) is 30.0 Å². The van der Waals surface area contributed by atoms with Gasteiger partial charge in [0.05, 0.1) is 6.54 Å². The van der Waals surface area contributed by atoms with Crippen LogP contribution in [0.15, 0.2) is 18.2 Å². The molecule has 0 bridgehead atoms. The van der Waals surface area contributed by atoms with Crippen molar-refractivity contribution in [3.63, 3.8) is 0 Å². The van der Waals surface area contributed by atoms with Crippen molar-refractivity contribution < 1.29 is 4.79 Å². The van der Waals surface area contributed by atoms with Crippen LogP contribution in [0, 0.1) is 24.7 Å². The van der Waals surface area contributed by atoms with Gasteiger partial charge in [0.25, 0.3) is 5.91 Å². The highest BCUT2D eigenvalue weighted by molar-refractivity contribution is 5.94. The van der Waals surface area contributed by atoms with Crippen molar-refractivity contribution in [1.29, 1.82) is 0 Å². The molecule has 1 unspecified atom stereocenters. The molecule has 3 heteroatoms. The van der Waals surface area contributed by atoms with Gasteiger partial charge in [-0.05, 0) is 49.8 Å². The summed E-state index contributed by atoms with van der Waals surface area (Å²) in [4.78, 5) is 14.6. The third-order valence-corrected chi connectivity index (χ3v) is 4.11. The van der Waals surface area contributed by atoms with E-state index in [-0.39, 0.29) is 5.91 Å². The van der Waals surface area contributed by atoms with Crippen molar-refractivity contribution in [3.8, 4) is 11.8 Å². The number of carbonyl (C=O) groups excluding carboxylic acids is 1. The highest BCUT2D eigenvalue weighted by Crippen LogP contribution is 2.19. The fourth-order valence-corrected chi connectivity index (χ4v) is 2.68. The minimum Gasteiger partial charge on any atom is -0.339 e. The second-order valence-electron chi connectivity index (χ2n) is 5.86. The van der Waals surface area contributed by atoms with Crippen molar-refractivity contribution in [1.82, 2.24) is 4.90 Å². The molecular weight excluding hydrogens is 260 g/mol. The van der Waals surface area contributed by atoms with Gasteiger partial charge in [0.1, 0.15) is 0 Å². The number of nitrogens with two attached hydrogens (primary N) is 1. The Morgan fingerprint density at radius 1 is 1.38 bits per heavy atom. The molecule has 0 aromatic heterocycles. The van der Waals surface area contributed by atoms with Crippen LogP contribution in [0.5, 0.6) is 0 Å². The summed E-state index contributed by atoms with van der Waals surface area (Å²) < 4.78 is 0. The predicted molar refractivity (Wildman–Crippen MR) is 86.0 cm³/mol. The number of rotatable bonds is 1. The van der Waals surface area contributed by atoms with Crippen LogP contribution in [-0.4, -0.2) is 30.4 Å². The molecule has 1 fully saturated rings. The van der Waals surface area contributed by atoms with Gasteiger partial charge in [0.2, 0.25) is 0 Å². The average molecular weight is 284 g/mol. The smallest absolute Gasteiger partial charge is 0.253 e. The molecule has 2 N–H and O–H groups in total. The number of hydrogen-bond acceptors (Lipinski definition) is 2. The predicted octanol–water partition coefficient (Wildman–Crippen LogP) is 2.57. The van der Waals surface area contributed by atoms with E-state index >= 15 is 0 Å². The molecule has 1 saturated heterocycles. The Bertz CT molecular complexity index is 568. The number of amides is 1. The summed E-state index contributed by atoms with van der Waals surface area (Å²) in [5, 5.41) is 0. The lowest BCUT2D eigenvalue weighted by atomic mass is 10.0. The average Bonchev–Trinajstić information content (AvgIpc) is 2.70. The SMILES string of the molecule is Cc1ccc(C(=O)N2CCCC(C)CC2)cc1C#CCN. The number of aryl methyl sites for hydroxylation is 1. The van der Waals surface area contributed by atoms with Crippen LogP contribution in [0.25, 0.3) is 0 Å². The molecule has 1 aliphatic rings. The summed E-state index contributed by atoms with van der Waals surface area (Å²) in [5.74, 6) is 6.74. The summed E-state index contributed by atoms with van der Waals surface area (Å²) in [5.41, 5.74) is 8.13. The first-order valence-electron chi connectivity index (χ1n) is 7.70. The minimum atomic E-state index is 0.125. The zero-order valence-corrected chi connectivity index (χ0v) is 13.0. The lowest BCUT2D eigenvalue weighted by molar-refractivity contribution is 0.0760. The van der Waals surface area contributed by atoms with Crippen molar-refractivity contribution in [3.05, 3.63) is 34.9 Å². The second-order valence-corrected chi connectivity index (χ2v) is 5.86. The highest BCUT2D eigenvalue weighted by atomic mass is 16.2. The molecular formula is C18H24N2O. The van der Waals surface area contributed by atoms with Gasteiger partial charge in [-0.15, -0.1) is 0 Å². The maximum absolute atomic E-state index is 12.6. The zero-order chi connectivity index (χ0) is 15.2. The molecule has 0 aliphatic carbocycles. The summed E-state index contributed by atoms with van der Waals surface area (Å²) in [7, 11) is 0. The Balaban J connectivity index is 2.18. The van der Waals surface area contributed by atoms with E-state index in [2.05, 4.69) is 18.8 Å². The fraction of sp³-hybridized carbons (Fsp3) is 0.500. The number of benzene rings is 1. The lowest BCUT2D eigenvalue weighted by Crippen LogP contribution is -2.32. The third-order valence-electron chi connectivity index (χ3n) is 4.11. The van der Waals surface area contributed by atoms with E-state index < -0.39 is 0 Å². The Labute approximate surface area is 127 Å². The van der Waals surface area contributed by atoms with Gasteiger partial charge < -0.3 is 10.6 Å². The summed E-state index contributed by atoms with van der Waals surface area (Å²) >= 11 is 0. The quantitative estimate of drug-likeness (QED) is 0.806. The molecule has 1 aromatic carbocycles. The molecule has 3 nitrogen and oxygen atoms in total. The topological polar surface area (TPSA) is 46.3 Å². The molecule has 112 valence electrons. The Morgan fingerprint density at radius 2 is 2.19 bits per heavy atom. The Hall–Kier alpha value is -1.79. The highest BCUT2D eigenvalue weighted by Gasteiger charge is 2.20. The standard InChI is InChI=1S/C18H24N2O/c1-14-5-4-11-20(12-9-14)18(21)17-8-7-15(2)16(13-17)6-3-10-19/h7-8,13-14H,4-5,9-12,19H2,1-2H3.